The molecule has 3 atom stereocenters. The topological polar surface area (TPSA) is 140 Å². The summed E-state index contributed by atoms with van der Waals surface area (Å²) in [6, 6.07) is 38.2. The van der Waals surface area contributed by atoms with Crippen LogP contribution in [0.1, 0.15) is 0 Å². The molecule has 0 fully saturated rings. The van der Waals surface area contributed by atoms with Crippen molar-refractivity contribution in [3.63, 3.8) is 0 Å². The van der Waals surface area contributed by atoms with Gasteiger partial charge in [0.15, 0.2) is 0 Å². The molecule has 6 aromatic rings. The normalized spacial score (nSPS) is 13.8. The van der Waals surface area contributed by atoms with Gasteiger partial charge in [0.05, 0.1) is 0 Å². The minimum atomic E-state index is -3.17. The second-order valence-electron chi connectivity index (χ2n) is 10.3. The molecule has 0 saturated carbocycles. The molecular formula is C36H27O9PS3. The molecule has 0 amide bonds. The molecule has 6 rings (SSSR count). The van der Waals surface area contributed by atoms with Crippen molar-refractivity contribution in [1.82, 2.24) is 0 Å². The third kappa shape index (κ3) is 8.55. The lowest BCUT2D eigenvalue weighted by molar-refractivity contribution is -0.148. The molecule has 0 aliphatic carbocycles. The van der Waals surface area contributed by atoms with Crippen LogP contribution in [0.3, 0.4) is 0 Å². The van der Waals surface area contributed by atoms with Crippen molar-refractivity contribution in [2.75, 3.05) is 0 Å². The van der Waals surface area contributed by atoms with E-state index in [2.05, 4.69) is 0 Å². The molecule has 6 aromatic carbocycles. The van der Waals surface area contributed by atoms with Crippen molar-refractivity contribution in [2.24, 2.45) is 0 Å². The summed E-state index contributed by atoms with van der Waals surface area (Å²) in [5, 5.41) is 37.3. The van der Waals surface area contributed by atoms with Gasteiger partial charge in [-0.15, -0.1) is 0 Å². The molecule has 0 aliphatic heterocycles. The molecule has 3 unspecified atom stereocenters. The third-order valence-corrected chi connectivity index (χ3v) is 11.1. The second-order valence-corrected chi connectivity index (χ2v) is 14.7. The number of aliphatic hydroxyl groups is 3. The number of hydrogen-bond acceptors (Lipinski definition) is 12. The molecule has 3 N–H and O–H groups in total. The molecule has 0 radical (unpaired) electrons. The number of carbonyl (C=O) groups excluding carboxylic acids is 3. The summed E-state index contributed by atoms with van der Waals surface area (Å²) in [5.74, 6) is -3.80. The predicted octanol–water partition coefficient (Wildman–Crippen LogP) is 7.63. The Balaban J connectivity index is 1.18. The summed E-state index contributed by atoms with van der Waals surface area (Å²) >= 11 is 2.35. The quantitative estimate of drug-likeness (QED) is 0.0648. The molecule has 13 heteroatoms. The Morgan fingerprint density at radius 2 is 0.694 bits per heavy atom. The molecule has 0 aliphatic rings. The van der Waals surface area contributed by atoms with Gasteiger partial charge in [0.1, 0.15) is 0 Å². The van der Waals surface area contributed by atoms with Gasteiger partial charge in [-0.2, -0.15) is 0 Å². The number of benzene rings is 6. The standard InChI is InChI=1S/C36H27O9PS3/c37-31(34(40)47-28-19-7-13-22-10-1-4-16-25(22)28)43-46(44-32(38)35(41)48-29-20-8-14-23-11-2-5-17-26(23)29)45-33(39)36(42)49-30-21-9-15-24-12-3-6-18-27(24)30/h1-21,34-36,40-42H. The average Bonchev–Trinajstić information content (AvgIpc) is 3.12. The zero-order valence-corrected chi connectivity index (χ0v) is 28.7. The van der Waals surface area contributed by atoms with Gasteiger partial charge in [-0.25, -0.2) is 14.4 Å². The summed E-state index contributed by atoms with van der Waals surface area (Å²) in [7, 11) is -3.17. The summed E-state index contributed by atoms with van der Waals surface area (Å²) in [4.78, 5) is 41.0. The van der Waals surface area contributed by atoms with E-state index in [0.29, 0.717) is 14.7 Å². The van der Waals surface area contributed by atoms with Crippen molar-refractivity contribution < 1.29 is 43.3 Å². The van der Waals surface area contributed by atoms with Crippen LogP contribution in [-0.2, 0) is 28.0 Å². The average molecular weight is 731 g/mol. The van der Waals surface area contributed by atoms with Crippen molar-refractivity contribution in [3.05, 3.63) is 127 Å². The van der Waals surface area contributed by atoms with Crippen LogP contribution in [0.15, 0.2) is 142 Å². The Hall–Kier alpha value is -4.13. The fourth-order valence-electron chi connectivity index (χ4n) is 4.81. The van der Waals surface area contributed by atoms with Crippen LogP contribution >= 0.6 is 43.9 Å². The van der Waals surface area contributed by atoms with E-state index in [-0.39, 0.29) is 0 Å². The SMILES string of the molecule is O=C(OP(OC(=O)C(O)Sc1cccc2ccccc12)OC(=O)C(O)Sc1cccc2ccccc12)C(O)Sc1cccc2ccccc12. The van der Waals surface area contributed by atoms with Crippen LogP contribution < -0.4 is 0 Å². The van der Waals surface area contributed by atoms with E-state index in [1.807, 2.05) is 91.0 Å². The summed E-state index contributed by atoms with van der Waals surface area (Å²) in [6.07, 6.45) is 0. The highest BCUT2D eigenvalue weighted by Crippen LogP contribution is 2.44. The van der Waals surface area contributed by atoms with E-state index < -0.39 is 42.8 Å². The van der Waals surface area contributed by atoms with Gasteiger partial charge in [-0.05, 0) is 50.5 Å². The Morgan fingerprint density at radius 3 is 1.00 bits per heavy atom. The lowest BCUT2D eigenvalue weighted by atomic mass is 10.1. The number of aliphatic hydroxyl groups excluding tert-OH is 3. The summed E-state index contributed by atoms with van der Waals surface area (Å²) in [5.41, 5.74) is -5.42. The molecule has 0 aromatic heterocycles. The number of hydrogen-bond donors (Lipinski definition) is 3. The van der Waals surface area contributed by atoms with Crippen molar-refractivity contribution in [3.8, 4) is 0 Å². The molecule has 0 bridgehead atoms. The Labute approximate surface area is 294 Å². The lowest BCUT2D eigenvalue weighted by Gasteiger charge is -2.19. The Kier molecular flexibility index (Phi) is 11.4. The van der Waals surface area contributed by atoms with E-state index >= 15 is 0 Å². The molecule has 9 nitrogen and oxygen atoms in total. The van der Waals surface area contributed by atoms with Crippen LogP contribution in [0, 0.1) is 0 Å². The van der Waals surface area contributed by atoms with Gasteiger partial charge in [-0.1, -0.05) is 144 Å². The first-order valence-corrected chi connectivity index (χ1v) is 18.4. The first-order valence-electron chi connectivity index (χ1n) is 14.7. The number of rotatable bonds is 12. The maximum absolute atomic E-state index is 13.1. The van der Waals surface area contributed by atoms with E-state index in [1.165, 1.54) is 0 Å². The van der Waals surface area contributed by atoms with Gasteiger partial charge in [0.2, 0.25) is 16.3 Å². The highest BCUT2D eigenvalue weighted by molar-refractivity contribution is 8.01. The first-order chi connectivity index (χ1) is 23.8. The minimum Gasteiger partial charge on any atom is -0.372 e. The minimum absolute atomic E-state index is 0.574. The first kappa shape index (κ1) is 34.7. The largest absolute Gasteiger partial charge is 0.537 e. The number of carbonyl (C=O) groups is 3. The van der Waals surface area contributed by atoms with Crippen LogP contribution in [0.2, 0.25) is 0 Å². The number of thioether (sulfide) groups is 3. The predicted molar refractivity (Wildman–Crippen MR) is 193 cm³/mol. The number of fused-ring (bicyclic) bond motifs is 3. The van der Waals surface area contributed by atoms with Gasteiger partial charge in [0, 0.05) is 14.7 Å². The lowest BCUT2D eigenvalue weighted by Crippen LogP contribution is -2.25. The van der Waals surface area contributed by atoms with Crippen molar-refractivity contribution in [1.29, 1.82) is 0 Å². The van der Waals surface area contributed by atoms with E-state index in [4.69, 9.17) is 13.6 Å². The smallest absolute Gasteiger partial charge is 0.372 e. The molecule has 0 spiro atoms. The monoisotopic (exact) mass is 730 g/mol. The van der Waals surface area contributed by atoms with Crippen molar-refractivity contribution in [2.45, 2.75) is 31.0 Å². The fourth-order valence-corrected chi connectivity index (χ4v) is 8.44. The van der Waals surface area contributed by atoms with E-state index in [9.17, 15) is 29.7 Å². The van der Waals surface area contributed by atoms with Gasteiger partial charge < -0.3 is 28.9 Å². The van der Waals surface area contributed by atoms with Crippen LogP contribution in [0.5, 0.6) is 0 Å². The highest BCUT2D eigenvalue weighted by Gasteiger charge is 2.36. The Bertz CT molecular complexity index is 1890. The second kappa shape index (κ2) is 16.1. The zero-order valence-electron chi connectivity index (χ0n) is 25.3. The molecule has 49 heavy (non-hydrogen) atoms. The van der Waals surface area contributed by atoms with Gasteiger partial charge >= 0.3 is 26.5 Å². The van der Waals surface area contributed by atoms with Crippen LogP contribution in [0.25, 0.3) is 32.3 Å². The summed E-state index contributed by atoms with van der Waals surface area (Å²) < 4.78 is 15.6. The summed E-state index contributed by atoms with van der Waals surface area (Å²) in [6.45, 7) is 0. The van der Waals surface area contributed by atoms with Gasteiger partial charge in [0.25, 0.3) is 0 Å². The van der Waals surface area contributed by atoms with E-state index in [0.717, 1.165) is 67.6 Å². The Morgan fingerprint density at radius 1 is 0.429 bits per heavy atom. The third-order valence-electron chi connectivity index (χ3n) is 7.06. The van der Waals surface area contributed by atoms with Gasteiger partial charge in [-0.3, -0.25) is 0 Å². The van der Waals surface area contributed by atoms with Crippen LogP contribution in [0.4, 0.5) is 0 Å². The van der Waals surface area contributed by atoms with E-state index in [1.54, 1.807) is 36.4 Å². The fraction of sp³-hybridized carbons (Fsp3) is 0.0833. The molecule has 248 valence electrons. The maximum atomic E-state index is 13.1. The van der Waals surface area contributed by atoms with Crippen LogP contribution in [-0.4, -0.2) is 49.5 Å². The highest BCUT2D eigenvalue weighted by atomic mass is 32.2. The molecule has 0 saturated heterocycles. The molecule has 0 heterocycles. The van der Waals surface area contributed by atoms with Crippen molar-refractivity contribution >= 4 is 94.1 Å². The maximum Gasteiger partial charge on any atom is 0.537 e. The zero-order chi connectivity index (χ0) is 34.3. The molecular weight excluding hydrogens is 704 g/mol.